The van der Waals surface area contributed by atoms with Gasteiger partial charge >= 0.3 is 11.9 Å². The summed E-state index contributed by atoms with van der Waals surface area (Å²) in [7, 11) is 1.52. The van der Waals surface area contributed by atoms with E-state index in [0.717, 1.165) is 0 Å². The van der Waals surface area contributed by atoms with E-state index in [1.54, 1.807) is 13.8 Å². The smallest absolute Gasteiger partial charge is 0.357 e. The molecule has 0 N–H and O–H groups in total. The van der Waals surface area contributed by atoms with Gasteiger partial charge in [-0.1, -0.05) is 0 Å². The monoisotopic (exact) mass is 267 g/mol. The summed E-state index contributed by atoms with van der Waals surface area (Å²) >= 11 is 0. The molecule has 1 aromatic heterocycles. The van der Waals surface area contributed by atoms with Crippen molar-refractivity contribution in [3.05, 3.63) is 29.6 Å². The van der Waals surface area contributed by atoms with Crippen LogP contribution in [0.1, 0.15) is 34.7 Å². The molecule has 0 radical (unpaired) electrons. The number of hydrogen-bond acceptors (Lipinski definition) is 6. The van der Waals surface area contributed by atoms with E-state index in [2.05, 4.69) is 4.98 Å². The largest absolute Gasteiger partial charge is 0.460 e. The third kappa shape index (κ3) is 5.05. The molecule has 6 nitrogen and oxygen atoms in total. The second kappa shape index (κ2) is 7.48. The Kier molecular flexibility index (Phi) is 5.95. The zero-order chi connectivity index (χ0) is 14.3. The van der Waals surface area contributed by atoms with Crippen LogP contribution in [0, 0.1) is 0 Å². The number of methoxy groups -OCH3 is 1. The van der Waals surface area contributed by atoms with Gasteiger partial charge in [-0.3, -0.25) is 0 Å². The van der Waals surface area contributed by atoms with Crippen molar-refractivity contribution < 1.29 is 23.8 Å². The van der Waals surface area contributed by atoms with E-state index < -0.39 is 11.9 Å². The molecule has 0 saturated heterocycles. The summed E-state index contributed by atoms with van der Waals surface area (Å²) in [6.07, 6.45) is 1.07. The van der Waals surface area contributed by atoms with Crippen molar-refractivity contribution in [2.24, 2.45) is 0 Å². The first-order valence-corrected chi connectivity index (χ1v) is 5.87. The van der Waals surface area contributed by atoms with Crippen LogP contribution >= 0.6 is 0 Å². The second-order valence-corrected chi connectivity index (χ2v) is 4.01. The lowest BCUT2D eigenvalue weighted by Crippen LogP contribution is -2.14. The molecule has 0 bridgehead atoms. The van der Waals surface area contributed by atoms with Crippen molar-refractivity contribution in [1.29, 1.82) is 0 Å². The van der Waals surface area contributed by atoms with E-state index in [1.807, 2.05) is 0 Å². The van der Waals surface area contributed by atoms with Crippen molar-refractivity contribution in [2.75, 3.05) is 20.3 Å². The number of carbonyl (C=O) groups excluding carboxylic acids is 2. The number of carbonyl (C=O) groups is 2. The van der Waals surface area contributed by atoms with Gasteiger partial charge in [0, 0.05) is 13.3 Å². The molecule has 0 fully saturated rings. The van der Waals surface area contributed by atoms with Crippen molar-refractivity contribution >= 4 is 11.9 Å². The molecule has 0 atom stereocenters. The Morgan fingerprint density at radius 2 is 1.95 bits per heavy atom. The van der Waals surface area contributed by atoms with E-state index in [4.69, 9.17) is 14.2 Å². The zero-order valence-corrected chi connectivity index (χ0v) is 11.2. The first-order valence-electron chi connectivity index (χ1n) is 5.87. The highest BCUT2D eigenvalue weighted by Gasteiger charge is 2.13. The van der Waals surface area contributed by atoms with Crippen LogP contribution in [0.4, 0.5) is 0 Å². The maximum atomic E-state index is 11.5. The van der Waals surface area contributed by atoms with Gasteiger partial charge in [-0.05, 0) is 26.0 Å². The van der Waals surface area contributed by atoms with Gasteiger partial charge in [0.2, 0.25) is 0 Å². The molecule has 0 aliphatic rings. The highest BCUT2D eigenvalue weighted by Crippen LogP contribution is 2.05. The number of ether oxygens (including phenoxy) is 3. The summed E-state index contributed by atoms with van der Waals surface area (Å²) in [5.41, 5.74) is 0.430. The quantitative estimate of drug-likeness (QED) is 0.573. The first-order chi connectivity index (χ1) is 9.04. The normalized spacial score (nSPS) is 10.3. The van der Waals surface area contributed by atoms with Crippen LogP contribution in [-0.4, -0.2) is 43.4 Å². The number of rotatable bonds is 6. The Hall–Kier alpha value is -1.95. The molecule has 1 heterocycles. The van der Waals surface area contributed by atoms with Gasteiger partial charge < -0.3 is 14.2 Å². The minimum Gasteiger partial charge on any atom is -0.460 e. The highest BCUT2D eigenvalue weighted by atomic mass is 16.6. The number of pyridine rings is 1. The first kappa shape index (κ1) is 15.1. The molecule has 1 rings (SSSR count). The van der Waals surface area contributed by atoms with E-state index in [9.17, 15) is 9.59 Å². The fraction of sp³-hybridized carbons (Fsp3) is 0.462. The maximum Gasteiger partial charge on any atom is 0.357 e. The minimum atomic E-state index is -0.519. The molecule has 0 saturated carbocycles. The summed E-state index contributed by atoms with van der Waals surface area (Å²) in [5, 5.41) is 0. The highest BCUT2D eigenvalue weighted by molar-refractivity contribution is 5.91. The van der Waals surface area contributed by atoms with Crippen LogP contribution in [0.25, 0.3) is 0 Å². The summed E-state index contributed by atoms with van der Waals surface area (Å²) in [6.45, 7) is 4.00. The second-order valence-electron chi connectivity index (χ2n) is 4.01. The van der Waals surface area contributed by atoms with Crippen molar-refractivity contribution in [1.82, 2.24) is 4.98 Å². The predicted octanol–water partition coefficient (Wildman–Crippen LogP) is 1.45. The van der Waals surface area contributed by atoms with Gasteiger partial charge in [0.25, 0.3) is 0 Å². The van der Waals surface area contributed by atoms with Gasteiger partial charge in [-0.2, -0.15) is 0 Å². The summed E-state index contributed by atoms with van der Waals surface area (Å²) < 4.78 is 14.7. The predicted molar refractivity (Wildman–Crippen MR) is 66.9 cm³/mol. The summed E-state index contributed by atoms with van der Waals surface area (Å²) in [5.74, 6) is -1.03. The standard InChI is InChI=1S/C13H17NO5/c1-9(2)19-13(16)11-5-4-10(8-14-11)12(15)18-7-6-17-3/h4-5,8-9H,6-7H2,1-3H3. The van der Waals surface area contributed by atoms with Crippen LogP contribution in [-0.2, 0) is 14.2 Å². The lowest BCUT2D eigenvalue weighted by Gasteiger charge is -2.07. The average molecular weight is 267 g/mol. The van der Waals surface area contributed by atoms with Crippen LogP contribution in [0.5, 0.6) is 0 Å². The molecule has 0 amide bonds. The van der Waals surface area contributed by atoms with Crippen LogP contribution in [0.3, 0.4) is 0 Å². The molecule has 6 heteroatoms. The van der Waals surface area contributed by atoms with E-state index in [-0.39, 0.29) is 24.0 Å². The van der Waals surface area contributed by atoms with Gasteiger partial charge in [0.05, 0.1) is 18.3 Å². The Balaban J connectivity index is 2.60. The van der Waals surface area contributed by atoms with Gasteiger partial charge in [0.1, 0.15) is 12.3 Å². The van der Waals surface area contributed by atoms with Crippen LogP contribution in [0.2, 0.25) is 0 Å². The molecule has 0 spiro atoms. The molecule has 1 aromatic rings. The Morgan fingerprint density at radius 1 is 1.21 bits per heavy atom. The van der Waals surface area contributed by atoms with Crippen LogP contribution < -0.4 is 0 Å². The minimum absolute atomic E-state index is 0.155. The summed E-state index contributed by atoms with van der Waals surface area (Å²) in [4.78, 5) is 26.9. The molecule has 19 heavy (non-hydrogen) atoms. The topological polar surface area (TPSA) is 74.7 Å². The molecular weight excluding hydrogens is 250 g/mol. The van der Waals surface area contributed by atoms with Gasteiger partial charge in [0.15, 0.2) is 0 Å². The Labute approximate surface area is 111 Å². The fourth-order valence-corrected chi connectivity index (χ4v) is 1.21. The molecule has 0 unspecified atom stereocenters. The third-order valence-corrected chi connectivity index (χ3v) is 2.07. The lowest BCUT2D eigenvalue weighted by atomic mass is 10.2. The third-order valence-electron chi connectivity index (χ3n) is 2.07. The fourth-order valence-electron chi connectivity index (χ4n) is 1.21. The number of aromatic nitrogens is 1. The Morgan fingerprint density at radius 3 is 2.47 bits per heavy atom. The molecular formula is C13H17NO5. The number of esters is 2. The van der Waals surface area contributed by atoms with E-state index in [1.165, 1.54) is 25.4 Å². The average Bonchev–Trinajstić information content (AvgIpc) is 2.38. The zero-order valence-electron chi connectivity index (χ0n) is 11.2. The van der Waals surface area contributed by atoms with Crippen LogP contribution in [0.15, 0.2) is 18.3 Å². The van der Waals surface area contributed by atoms with Crippen molar-refractivity contribution in [3.8, 4) is 0 Å². The SMILES string of the molecule is COCCOC(=O)c1ccc(C(=O)OC(C)C)nc1. The van der Waals surface area contributed by atoms with Gasteiger partial charge in [-0.25, -0.2) is 14.6 Å². The number of hydrogen-bond donors (Lipinski definition) is 0. The van der Waals surface area contributed by atoms with E-state index >= 15 is 0 Å². The molecule has 0 aromatic carbocycles. The maximum absolute atomic E-state index is 11.5. The lowest BCUT2D eigenvalue weighted by molar-refractivity contribution is 0.0361. The Bertz CT molecular complexity index is 427. The van der Waals surface area contributed by atoms with Gasteiger partial charge in [-0.15, -0.1) is 0 Å². The molecule has 0 aliphatic carbocycles. The molecule has 104 valence electrons. The van der Waals surface area contributed by atoms with Crippen molar-refractivity contribution in [3.63, 3.8) is 0 Å². The van der Waals surface area contributed by atoms with Crippen molar-refractivity contribution in [2.45, 2.75) is 20.0 Å². The summed E-state index contributed by atoms with van der Waals surface area (Å²) in [6, 6.07) is 2.90. The molecule has 0 aliphatic heterocycles. The number of nitrogens with zero attached hydrogens (tertiary/aromatic N) is 1. The van der Waals surface area contributed by atoms with E-state index in [0.29, 0.717) is 6.61 Å².